The average Bonchev–Trinajstić information content (AvgIpc) is 2.72. The van der Waals surface area contributed by atoms with Gasteiger partial charge in [0.25, 0.3) is 0 Å². The van der Waals surface area contributed by atoms with Gasteiger partial charge in [-0.05, 0) is 31.1 Å². The minimum absolute atomic E-state index is 0.0738. The van der Waals surface area contributed by atoms with E-state index < -0.39 is 30.1 Å². The number of hydrogen-bond acceptors (Lipinski definition) is 8. The molecule has 0 aromatic heterocycles. The Morgan fingerprint density at radius 1 is 1.22 bits per heavy atom. The first-order chi connectivity index (χ1) is 15.1. The van der Waals surface area contributed by atoms with E-state index in [4.69, 9.17) is 9.47 Å². The first-order valence-corrected chi connectivity index (χ1v) is 10.3. The van der Waals surface area contributed by atoms with Gasteiger partial charge >= 0.3 is 5.97 Å². The summed E-state index contributed by atoms with van der Waals surface area (Å²) in [4.78, 5) is 35.8. The fourth-order valence-electron chi connectivity index (χ4n) is 2.94. The summed E-state index contributed by atoms with van der Waals surface area (Å²) in [5.74, 6) is -2.09. The van der Waals surface area contributed by atoms with Crippen LogP contribution in [0.4, 0.5) is 0 Å². The molecule has 0 unspecified atom stereocenters. The Morgan fingerprint density at radius 2 is 1.94 bits per heavy atom. The summed E-state index contributed by atoms with van der Waals surface area (Å²) in [5.41, 5.74) is 0.187. The van der Waals surface area contributed by atoms with Gasteiger partial charge in [0.1, 0.15) is 35.9 Å². The molecule has 0 spiro atoms. The number of ketones is 1. The van der Waals surface area contributed by atoms with Crippen LogP contribution in [0.15, 0.2) is 30.4 Å². The lowest BCUT2D eigenvalue weighted by Crippen LogP contribution is -2.32. The molecule has 4 N–H and O–H groups in total. The van der Waals surface area contributed by atoms with Crippen molar-refractivity contribution in [3.8, 4) is 11.5 Å². The van der Waals surface area contributed by atoms with Crippen LogP contribution < -0.4 is 10.1 Å². The van der Waals surface area contributed by atoms with Crippen molar-refractivity contribution < 1.29 is 39.2 Å². The first-order valence-electron chi connectivity index (χ1n) is 10.3. The number of fused-ring (bicyclic) bond motifs is 1. The van der Waals surface area contributed by atoms with Crippen LogP contribution in [0.5, 0.6) is 11.5 Å². The first kappa shape index (κ1) is 25.1. The van der Waals surface area contributed by atoms with Crippen molar-refractivity contribution in [2.24, 2.45) is 5.92 Å². The van der Waals surface area contributed by atoms with E-state index in [1.165, 1.54) is 37.3 Å². The van der Waals surface area contributed by atoms with Crippen molar-refractivity contribution in [3.63, 3.8) is 0 Å². The second kappa shape index (κ2) is 11.4. The van der Waals surface area contributed by atoms with Gasteiger partial charge in [0.2, 0.25) is 5.91 Å². The van der Waals surface area contributed by atoms with Crippen LogP contribution >= 0.6 is 0 Å². The number of rotatable bonds is 4. The van der Waals surface area contributed by atoms with Crippen LogP contribution in [-0.4, -0.2) is 64.4 Å². The highest BCUT2D eigenvalue weighted by Crippen LogP contribution is 2.31. The fourth-order valence-corrected chi connectivity index (χ4v) is 2.94. The fraction of sp³-hybridized carbons (Fsp3) is 0.435. The normalized spacial score (nSPS) is 26.3. The van der Waals surface area contributed by atoms with Gasteiger partial charge in [0, 0.05) is 18.9 Å². The SMILES string of the molecule is CC(=O)NCCOc1cc(O)c2c(c1)/C=C/C[C@H](O)[C@H](O)C(=O)/C=C\[C@H](C)[C@H](C)OC2=O. The Labute approximate surface area is 186 Å². The molecule has 9 nitrogen and oxygen atoms in total. The quantitative estimate of drug-likeness (QED) is 0.400. The summed E-state index contributed by atoms with van der Waals surface area (Å²) >= 11 is 0. The Balaban J connectivity index is 2.38. The Morgan fingerprint density at radius 3 is 2.62 bits per heavy atom. The lowest BCUT2D eigenvalue weighted by molar-refractivity contribution is -0.127. The predicted octanol–water partition coefficient (Wildman–Crippen LogP) is 1.35. The van der Waals surface area contributed by atoms with E-state index in [1.54, 1.807) is 13.8 Å². The Bertz CT molecular complexity index is 908. The summed E-state index contributed by atoms with van der Waals surface area (Å²) < 4.78 is 11.0. The number of ether oxygens (including phenoxy) is 2. The zero-order chi connectivity index (χ0) is 23.8. The second-order valence-electron chi connectivity index (χ2n) is 7.62. The topological polar surface area (TPSA) is 142 Å². The molecule has 1 aliphatic heterocycles. The van der Waals surface area contributed by atoms with Gasteiger partial charge in [0.15, 0.2) is 5.78 Å². The van der Waals surface area contributed by atoms with Crippen molar-refractivity contribution in [2.75, 3.05) is 13.2 Å². The van der Waals surface area contributed by atoms with Crippen molar-refractivity contribution in [1.29, 1.82) is 0 Å². The molecule has 0 bridgehead atoms. The number of carbonyl (C=O) groups is 3. The van der Waals surface area contributed by atoms with Crippen molar-refractivity contribution in [2.45, 2.75) is 45.5 Å². The van der Waals surface area contributed by atoms with Crippen LogP contribution in [0.2, 0.25) is 0 Å². The highest BCUT2D eigenvalue weighted by Gasteiger charge is 2.25. The molecule has 0 fully saturated rings. The third-order valence-electron chi connectivity index (χ3n) is 5.00. The van der Waals surface area contributed by atoms with Gasteiger partial charge in [-0.3, -0.25) is 9.59 Å². The van der Waals surface area contributed by atoms with Crippen LogP contribution in [0.1, 0.15) is 43.1 Å². The molecule has 0 radical (unpaired) electrons. The van der Waals surface area contributed by atoms with Gasteiger partial charge in [0.05, 0.1) is 12.6 Å². The molecule has 0 saturated carbocycles. The van der Waals surface area contributed by atoms with E-state index >= 15 is 0 Å². The van der Waals surface area contributed by atoms with Gasteiger partial charge < -0.3 is 30.1 Å². The number of phenolic OH excluding ortho intramolecular Hbond substituents is 1. The number of carbonyl (C=O) groups excluding carboxylic acids is 3. The number of cyclic esters (lactones) is 1. The van der Waals surface area contributed by atoms with E-state index in [0.717, 1.165) is 6.08 Å². The molecule has 1 amide bonds. The van der Waals surface area contributed by atoms with Gasteiger partial charge in [-0.1, -0.05) is 25.2 Å². The molecule has 0 aliphatic carbocycles. The van der Waals surface area contributed by atoms with Crippen molar-refractivity contribution in [3.05, 3.63) is 41.5 Å². The van der Waals surface area contributed by atoms with E-state index in [1.807, 2.05) is 0 Å². The third kappa shape index (κ3) is 6.93. The zero-order valence-corrected chi connectivity index (χ0v) is 18.3. The molecule has 0 saturated heterocycles. The van der Waals surface area contributed by atoms with Crippen molar-refractivity contribution >= 4 is 23.7 Å². The maximum absolute atomic E-state index is 12.8. The molecule has 1 aromatic rings. The van der Waals surface area contributed by atoms with Gasteiger partial charge in [-0.25, -0.2) is 4.79 Å². The minimum Gasteiger partial charge on any atom is -0.507 e. The second-order valence-corrected chi connectivity index (χ2v) is 7.62. The molecule has 1 aliphatic rings. The zero-order valence-electron chi connectivity index (χ0n) is 18.3. The maximum atomic E-state index is 12.8. The monoisotopic (exact) mass is 447 g/mol. The molecule has 4 atom stereocenters. The molecule has 32 heavy (non-hydrogen) atoms. The standard InChI is InChI=1S/C23H29NO8/c1-13-7-8-19(27)22(29)18(26)6-4-5-16-11-17(31-10-9-24-15(3)25)12-20(28)21(16)23(30)32-14(13)2/h4-5,7-8,11-14,18,22,26,28-29H,6,9-10H2,1-3H3,(H,24,25)/b5-4+,8-7-/t13-,14-,18-,22-/m0/s1. The minimum atomic E-state index is -1.60. The van der Waals surface area contributed by atoms with E-state index in [9.17, 15) is 29.7 Å². The number of aliphatic hydroxyl groups is 2. The number of aromatic hydroxyl groups is 1. The lowest BCUT2D eigenvalue weighted by atomic mass is 9.99. The van der Waals surface area contributed by atoms with Crippen molar-refractivity contribution in [1.82, 2.24) is 5.32 Å². The summed E-state index contributed by atoms with van der Waals surface area (Å²) in [6, 6.07) is 2.78. The maximum Gasteiger partial charge on any atom is 0.342 e. The average molecular weight is 447 g/mol. The number of benzene rings is 1. The van der Waals surface area contributed by atoms with E-state index in [-0.39, 0.29) is 54.0 Å². The number of nitrogens with one attached hydrogen (secondary N) is 1. The summed E-state index contributed by atoms with van der Waals surface area (Å²) in [6.45, 7) is 5.14. The van der Waals surface area contributed by atoms with E-state index in [2.05, 4.69) is 5.32 Å². The molecule has 1 heterocycles. The van der Waals surface area contributed by atoms with Crippen LogP contribution in [0.3, 0.4) is 0 Å². The van der Waals surface area contributed by atoms with Gasteiger partial charge in [-0.15, -0.1) is 0 Å². The number of amides is 1. The number of aliphatic hydroxyl groups excluding tert-OH is 2. The largest absolute Gasteiger partial charge is 0.507 e. The lowest BCUT2D eigenvalue weighted by Gasteiger charge is -2.20. The summed E-state index contributed by atoms with van der Waals surface area (Å²) in [7, 11) is 0. The van der Waals surface area contributed by atoms with Crippen LogP contribution in [0.25, 0.3) is 6.08 Å². The summed E-state index contributed by atoms with van der Waals surface area (Å²) in [5, 5.41) is 33.2. The molecule has 1 aromatic carbocycles. The number of phenols is 1. The van der Waals surface area contributed by atoms with Crippen LogP contribution in [-0.2, 0) is 14.3 Å². The molecule has 2 rings (SSSR count). The molecular formula is C23H29NO8. The highest BCUT2D eigenvalue weighted by atomic mass is 16.5. The number of hydrogen-bond donors (Lipinski definition) is 4. The Kier molecular flexibility index (Phi) is 8.98. The van der Waals surface area contributed by atoms with Gasteiger partial charge in [-0.2, -0.15) is 0 Å². The number of esters is 1. The smallest absolute Gasteiger partial charge is 0.342 e. The Hall–Kier alpha value is -3.17. The predicted molar refractivity (Wildman–Crippen MR) is 116 cm³/mol. The molecule has 9 heteroatoms. The molecular weight excluding hydrogens is 418 g/mol. The molecule has 174 valence electrons. The summed E-state index contributed by atoms with van der Waals surface area (Å²) in [6.07, 6.45) is 1.93. The van der Waals surface area contributed by atoms with E-state index in [0.29, 0.717) is 0 Å². The van der Waals surface area contributed by atoms with Crippen LogP contribution in [0, 0.1) is 5.92 Å². The third-order valence-corrected chi connectivity index (χ3v) is 5.00. The highest BCUT2D eigenvalue weighted by molar-refractivity contribution is 5.97.